The number of hydrogen-bond acceptors (Lipinski definition) is 3. The van der Waals surface area contributed by atoms with Gasteiger partial charge in [-0.25, -0.2) is 4.79 Å². The van der Waals surface area contributed by atoms with Crippen molar-refractivity contribution in [3.8, 4) is 0 Å². The second-order valence-electron chi connectivity index (χ2n) is 3.88. The molecule has 5 heteroatoms. The normalized spacial score (nSPS) is 26.5. The Bertz CT molecular complexity index is 279. The van der Waals surface area contributed by atoms with Crippen LogP contribution in [0.25, 0.3) is 0 Å². The van der Waals surface area contributed by atoms with Crippen molar-refractivity contribution in [2.45, 2.75) is 25.3 Å². The molecule has 1 aliphatic rings. The minimum atomic E-state index is -1.13. The van der Waals surface area contributed by atoms with E-state index in [2.05, 4.69) is 5.32 Å². The lowest BCUT2D eigenvalue weighted by Gasteiger charge is -2.33. The summed E-state index contributed by atoms with van der Waals surface area (Å²) in [6, 6.07) is 0. The molecule has 5 nitrogen and oxygen atoms in total. The van der Waals surface area contributed by atoms with Gasteiger partial charge in [0.2, 0.25) is 5.91 Å². The average Bonchev–Trinajstić information content (AvgIpc) is 2.15. The fraction of sp³-hybridized carbons (Fsp3) is 0.600. The molecule has 0 bridgehead atoms. The Morgan fingerprint density at radius 2 is 2.20 bits per heavy atom. The van der Waals surface area contributed by atoms with Crippen LogP contribution in [-0.4, -0.2) is 35.7 Å². The van der Waals surface area contributed by atoms with Crippen molar-refractivity contribution in [3.05, 3.63) is 12.2 Å². The number of rotatable bonds is 3. The summed E-state index contributed by atoms with van der Waals surface area (Å²) in [6.07, 6.45) is 3.59. The Kier molecular flexibility index (Phi) is 3.85. The first-order valence-corrected chi connectivity index (χ1v) is 4.83. The van der Waals surface area contributed by atoms with Gasteiger partial charge in [-0.2, -0.15) is 0 Å². The summed E-state index contributed by atoms with van der Waals surface area (Å²) in [7, 11) is 0. The van der Waals surface area contributed by atoms with Crippen molar-refractivity contribution in [2.75, 3.05) is 13.2 Å². The lowest BCUT2D eigenvalue weighted by molar-refractivity contribution is -0.131. The quantitative estimate of drug-likeness (QED) is 0.662. The molecular formula is C10H15NO4. The number of carboxylic acid groups (broad SMARTS) is 1. The summed E-state index contributed by atoms with van der Waals surface area (Å²) in [4.78, 5) is 21.5. The first-order valence-electron chi connectivity index (χ1n) is 4.83. The van der Waals surface area contributed by atoms with Crippen molar-refractivity contribution in [2.24, 2.45) is 0 Å². The van der Waals surface area contributed by atoms with Crippen LogP contribution in [-0.2, 0) is 14.3 Å². The van der Waals surface area contributed by atoms with Crippen molar-refractivity contribution >= 4 is 11.9 Å². The number of hydrogen-bond donors (Lipinski definition) is 2. The number of amides is 1. The second-order valence-corrected chi connectivity index (χ2v) is 3.88. The molecule has 1 rings (SSSR count). The monoisotopic (exact) mass is 213 g/mol. The Morgan fingerprint density at radius 3 is 2.73 bits per heavy atom. The standard InChI is InChI=1S/C10H15NO4/c1-10(5-2-6-15-7-10)11-8(12)3-4-9(13)14/h3-4H,2,5-7H2,1H3,(H,11,12)(H,13,14)/b4-3-. The second kappa shape index (κ2) is 4.93. The molecule has 0 saturated carbocycles. The third-order valence-electron chi connectivity index (χ3n) is 2.24. The Labute approximate surface area is 88.1 Å². The molecule has 0 spiro atoms. The van der Waals surface area contributed by atoms with Gasteiger partial charge in [-0.1, -0.05) is 0 Å². The van der Waals surface area contributed by atoms with Crippen LogP contribution in [0.15, 0.2) is 12.2 Å². The molecule has 15 heavy (non-hydrogen) atoms. The van der Waals surface area contributed by atoms with E-state index in [1.165, 1.54) is 0 Å². The van der Waals surface area contributed by atoms with Gasteiger partial charge < -0.3 is 15.2 Å². The highest BCUT2D eigenvalue weighted by molar-refractivity contribution is 5.94. The van der Waals surface area contributed by atoms with Gasteiger partial charge >= 0.3 is 5.97 Å². The Hall–Kier alpha value is -1.36. The largest absolute Gasteiger partial charge is 0.478 e. The highest BCUT2D eigenvalue weighted by atomic mass is 16.5. The van der Waals surface area contributed by atoms with E-state index in [0.717, 1.165) is 31.6 Å². The smallest absolute Gasteiger partial charge is 0.328 e. The van der Waals surface area contributed by atoms with E-state index in [-0.39, 0.29) is 5.54 Å². The van der Waals surface area contributed by atoms with Gasteiger partial charge in [-0.05, 0) is 19.8 Å². The van der Waals surface area contributed by atoms with E-state index in [4.69, 9.17) is 9.84 Å². The molecule has 1 heterocycles. The number of carbonyl (C=O) groups is 2. The van der Waals surface area contributed by atoms with Gasteiger partial charge in [0.15, 0.2) is 0 Å². The van der Waals surface area contributed by atoms with Crippen molar-refractivity contribution in [3.63, 3.8) is 0 Å². The molecule has 2 N–H and O–H groups in total. The van der Waals surface area contributed by atoms with E-state index in [1.54, 1.807) is 0 Å². The predicted molar refractivity (Wildman–Crippen MR) is 53.4 cm³/mol. The highest BCUT2D eigenvalue weighted by Crippen LogP contribution is 2.17. The van der Waals surface area contributed by atoms with Crippen molar-refractivity contribution in [1.82, 2.24) is 5.32 Å². The molecule has 0 aromatic heterocycles. The number of aliphatic carboxylic acids is 1. The van der Waals surface area contributed by atoms with E-state index in [0.29, 0.717) is 6.61 Å². The highest BCUT2D eigenvalue weighted by Gasteiger charge is 2.28. The SMILES string of the molecule is CC1(NC(=O)/C=C\C(=O)O)CCCOC1. The first-order chi connectivity index (χ1) is 7.02. The van der Waals surface area contributed by atoms with Crippen LogP contribution in [0, 0.1) is 0 Å². The maximum Gasteiger partial charge on any atom is 0.328 e. The number of ether oxygens (including phenoxy) is 1. The first kappa shape index (κ1) is 11.7. The number of carboxylic acids is 1. The van der Waals surface area contributed by atoms with Crippen molar-refractivity contribution in [1.29, 1.82) is 0 Å². The number of nitrogens with one attached hydrogen (secondary N) is 1. The lowest BCUT2D eigenvalue weighted by Crippen LogP contribution is -2.51. The summed E-state index contributed by atoms with van der Waals surface area (Å²) >= 11 is 0. The van der Waals surface area contributed by atoms with Gasteiger partial charge in [0.25, 0.3) is 0 Å². The molecule has 1 aliphatic heterocycles. The zero-order valence-corrected chi connectivity index (χ0v) is 8.66. The van der Waals surface area contributed by atoms with E-state index < -0.39 is 11.9 Å². The van der Waals surface area contributed by atoms with Gasteiger partial charge in [0, 0.05) is 18.8 Å². The predicted octanol–water partition coefficient (Wildman–Crippen LogP) is 0.312. The van der Waals surface area contributed by atoms with E-state index >= 15 is 0 Å². The fourth-order valence-corrected chi connectivity index (χ4v) is 1.52. The molecule has 1 atom stereocenters. The summed E-state index contributed by atoms with van der Waals surface area (Å²) in [5.74, 6) is -1.53. The fourth-order valence-electron chi connectivity index (χ4n) is 1.52. The summed E-state index contributed by atoms with van der Waals surface area (Å²) in [5.41, 5.74) is -0.377. The third-order valence-corrected chi connectivity index (χ3v) is 2.24. The zero-order valence-electron chi connectivity index (χ0n) is 8.66. The van der Waals surface area contributed by atoms with Crippen LogP contribution in [0.4, 0.5) is 0 Å². The Balaban J connectivity index is 2.45. The molecule has 1 unspecified atom stereocenters. The van der Waals surface area contributed by atoms with Crippen LogP contribution in [0.1, 0.15) is 19.8 Å². The van der Waals surface area contributed by atoms with Gasteiger partial charge in [0.1, 0.15) is 0 Å². The minimum absolute atomic E-state index is 0.377. The molecule has 1 saturated heterocycles. The molecule has 84 valence electrons. The van der Waals surface area contributed by atoms with Gasteiger partial charge in [0.05, 0.1) is 12.1 Å². The lowest BCUT2D eigenvalue weighted by atomic mass is 9.95. The van der Waals surface area contributed by atoms with Crippen LogP contribution in [0.3, 0.4) is 0 Å². The van der Waals surface area contributed by atoms with Crippen LogP contribution in [0.5, 0.6) is 0 Å². The molecule has 1 amide bonds. The molecule has 0 aliphatic carbocycles. The minimum Gasteiger partial charge on any atom is -0.478 e. The molecule has 0 aromatic carbocycles. The van der Waals surface area contributed by atoms with Crippen LogP contribution in [0.2, 0.25) is 0 Å². The van der Waals surface area contributed by atoms with Crippen LogP contribution >= 0.6 is 0 Å². The van der Waals surface area contributed by atoms with E-state index in [1.807, 2.05) is 6.92 Å². The topological polar surface area (TPSA) is 75.6 Å². The zero-order chi connectivity index (χ0) is 11.3. The maximum atomic E-state index is 11.3. The Morgan fingerprint density at radius 1 is 1.47 bits per heavy atom. The molecule has 1 fully saturated rings. The number of carbonyl (C=O) groups excluding carboxylic acids is 1. The van der Waals surface area contributed by atoms with Crippen molar-refractivity contribution < 1.29 is 19.4 Å². The third kappa shape index (κ3) is 4.12. The van der Waals surface area contributed by atoms with Crippen LogP contribution < -0.4 is 5.32 Å². The molecule has 0 radical (unpaired) electrons. The van der Waals surface area contributed by atoms with Gasteiger partial charge in [-0.3, -0.25) is 4.79 Å². The van der Waals surface area contributed by atoms with Gasteiger partial charge in [-0.15, -0.1) is 0 Å². The maximum absolute atomic E-state index is 11.3. The molecule has 0 aromatic rings. The average molecular weight is 213 g/mol. The molecular weight excluding hydrogens is 198 g/mol. The summed E-state index contributed by atoms with van der Waals surface area (Å²) in [6.45, 7) is 3.08. The summed E-state index contributed by atoms with van der Waals surface area (Å²) in [5, 5.41) is 11.1. The summed E-state index contributed by atoms with van der Waals surface area (Å²) < 4.78 is 5.26. The van der Waals surface area contributed by atoms with E-state index in [9.17, 15) is 9.59 Å².